The van der Waals surface area contributed by atoms with Gasteiger partial charge < -0.3 is 14.9 Å². The van der Waals surface area contributed by atoms with Crippen LogP contribution in [0.2, 0.25) is 0 Å². The van der Waals surface area contributed by atoms with E-state index in [0.29, 0.717) is 4.99 Å². The highest BCUT2D eigenvalue weighted by atomic mass is 32.1. The fraction of sp³-hybridized carbons (Fsp3) is 0.176. The number of hydrogen-bond donors (Lipinski definition) is 1. The number of rotatable bonds is 4. The summed E-state index contributed by atoms with van der Waals surface area (Å²) in [5.74, 6) is 0.720. The minimum absolute atomic E-state index is 0.0754. The second-order valence-electron chi connectivity index (χ2n) is 5.13. The number of pyridine rings is 1. The fourth-order valence-electron chi connectivity index (χ4n) is 2.55. The number of ether oxygens (including phenoxy) is 1. The Labute approximate surface area is 134 Å². The summed E-state index contributed by atoms with van der Waals surface area (Å²) in [5, 5.41) is 0. The summed E-state index contributed by atoms with van der Waals surface area (Å²) in [6.07, 6.45) is 1.98. The van der Waals surface area contributed by atoms with E-state index in [9.17, 15) is 0 Å². The van der Waals surface area contributed by atoms with Crippen molar-refractivity contribution in [3.05, 3.63) is 54.4 Å². The first-order valence-electron chi connectivity index (χ1n) is 7.02. The Kier molecular flexibility index (Phi) is 3.81. The van der Waals surface area contributed by atoms with Gasteiger partial charge in [0.1, 0.15) is 11.4 Å². The number of hydrogen-bond acceptors (Lipinski definition) is 3. The van der Waals surface area contributed by atoms with Crippen molar-refractivity contribution in [2.24, 2.45) is 5.73 Å². The van der Waals surface area contributed by atoms with Crippen molar-refractivity contribution in [3.8, 4) is 17.0 Å². The lowest BCUT2D eigenvalue weighted by Gasteiger charge is -2.12. The van der Waals surface area contributed by atoms with Crippen molar-refractivity contribution in [1.29, 1.82) is 0 Å². The third-order valence-corrected chi connectivity index (χ3v) is 4.10. The van der Waals surface area contributed by atoms with Crippen molar-refractivity contribution >= 4 is 22.9 Å². The second-order valence-corrected chi connectivity index (χ2v) is 5.60. The summed E-state index contributed by atoms with van der Waals surface area (Å²) in [6.45, 7) is 2.00. The Bertz CT molecular complexity index is 841. The van der Waals surface area contributed by atoms with Gasteiger partial charge in [0.2, 0.25) is 0 Å². The highest BCUT2D eigenvalue weighted by Crippen LogP contribution is 2.31. The van der Waals surface area contributed by atoms with Gasteiger partial charge in [0.15, 0.2) is 0 Å². The Hall–Kier alpha value is -2.40. The Balaban J connectivity index is 2.28. The van der Waals surface area contributed by atoms with Crippen LogP contribution in [0.4, 0.5) is 0 Å². The smallest absolute Gasteiger partial charge is 0.137 e. The van der Waals surface area contributed by atoms with Crippen molar-refractivity contribution in [2.75, 3.05) is 7.11 Å². The minimum Gasteiger partial charge on any atom is -0.497 e. The van der Waals surface area contributed by atoms with Crippen molar-refractivity contribution in [1.82, 2.24) is 9.38 Å². The Morgan fingerprint density at radius 3 is 2.82 bits per heavy atom. The molecule has 3 aromatic rings. The van der Waals surface area contributed by atoms with Gasteiger partial charge in [0, 0.05) is 17.7 Å². The molecule has 0 aliphatic rings. The first-order chi connectivity index (χ1) is 10.6. The minimum atomic E-state index is -0.0754. The van der Waals surface area contributed by atoms with Gasteiger partial charge in [0.05, 0.1) is 23.5 Å². The van der Waals surface area contributed by atoms with Crippen LogP contribution in [0, 0.1) is 0 Å². The predicted molar refractivity (Wildman–Crippen MR) is 92.4 cm³/mol. The summed E-state index contributed by atoms with van der Waals surface area (Å²) in [5.41, 5.74) is 9.62. The molecule has 0 bridgehead atoms. The van der Waals surface area contributed by atoms with Gasteiger partial charge in [-0.2, -0.15) is 0 Å². The van der Waals surface area contributed by atoms with Crippen LogP contribution in [0.5, 0.6) is 5.75 Å². The Morgan fingerprint density at radius 2 is 2.09 bits per heavy atom. The van der Waals surface area contributed by atoms with Crippen LogP contribution in [0.3, 0.4) is 0 Å². The van der Waals surface area contributed by atoms with E-state index in [0.717, 1.165) is 28.3 Å². The van der Waals surface area contributed by atoms with Gasteiger partial charge >= 0.3 is 0 Å². The summed E-state index contributed by atoms with van der Waals surface area (Å²) < 4.78 is 7.35. The lowest BCUT2D eigenvalue weighted by atomic mass is 10.0. The van der Waals surface area contributed by atoms with E-state index in [1.165, 1.54) is 0 Å². The number of nitrogens with zero attached hydrogens (tertiary/aromatic N) is 2. The molecule has 0 radical (unpaired) electrons. The molecule has 112 valence electrons. The van der Waals surface area contributed by atoms with Crippen molar-refractivity contribution in [2.45, 2.75) is 12.8 Å². The molecular formula is C17H17N3OS. The van der Waals surface area contributed by atoms with E-state index in [1.807, 2.05) is 60.0 Å². The average molecular weight is 311 g/mol. The van der Waals surface area contributed by atoms with Gasteiger partial charge in [0.25, 0.3) is 0 Å². The molecule has 3 rings (SSSR count). The van der Waals surface area contributed by atoms with E-state index in [1.54, 1.807) is 7.11 Å². The van der Waals surface area contributed by atoms with Crippen LogP contribution in [0.25, 0.3) is 16.9 Å². The van der Waals surface area contributed by atoms with E-state index >= 15 is 0 Å². The summed E-state index contributed by atoms with van der Waals surface area (Å²) in [4.78, 5) is 5.21. The SMILES string of the molecule is COc1cccc(-c2nc3ccccn3c2C(C)C(N)=S)c1. The van der Waals surface area contributed by atoms with Crippen LogP contribution >= 0.6 is 12.2 Å². The molecule has 0 saturated carbocycles. The monoisotopic (exact) mass is 311 g/mol. The normalized spacial score (nSPS) is 12.3. The molecule has 1 unspecified atom stereocenters. The van der Waals surface area contributed by atoms with Crippen LogP contribution in [0.15, 0.2) is 48.7 Å². The molecule has 22 heavy (non-hydrogen) atoms. The molecule has 0 amide bonds. The molecule has 2 aromatic heterocycles. The number of aromatic nitrogens is 2. The number of benzene rings is 1. The van der Waals surface area contributed by atoms with Crippen molar-refractivity contribution in [3.63, 3.8) is 0 Å². The van der Waals surface area contributed by atoms with Gasteiger partial charge in [-0.3, -0.25) is 0 Å². The highest BCUT2D eigenvalue weighted by Gasteiger charge is 2.21. The third kappa shape index (κ3) is 2.44. The maximum Gasteiger partial charge on any atom is 0.137 e. The molecule has 2 heterocycles. The maximum atomic E-state index is 5.89. The molecule has 5 heteroatoms. The van der Waals surface area contributed by atoms with Gasteiger partial charge in [-0.05, 0) is 24.3 Å². The molecule has 2 N–H and O–H groups in total. The van der Waals surface area contributed by atoms with E-state index < -0.39 is 0 Å². The largest absolute Gasteiger partial charge is 0.497 e. The first-order valence-corrected chi connectivity index (χ1v) is 7.43. The maximum absolute atomic E-state index is 5.89. The van der Waals surface area contributed by atoms with Crippen LogP contribution < -0.4 is 10.5 Å². The number of nitrogens with two attached hydrogens (primary N) is 1. The van der Waals surface area contributed by atoms with Gasteiger partial charge in [-0.1, -0.05) is 37.3 Å². The molecule has 0 aliphatic heterocycles. The molecule has 0 spiro atoms. The lowest BCUT2D eigenvalue weighted by molar-refractivity contribution is 0.415. The van der Waals surface area contributed by atoms with Gasteiger partial charge in [-0.15, -0.1) is 0 Å². The van der Waals surface area contributed by atoms with E-state index in [4.69, 9.17) is 27.7 Å². The zero-order chi connectivity index (χ0) is 15.7. The zero-order valence-corrected chi connectivity index (χ0v) is 13.3. The van der Waals surface area contributed by atoms with Crippen LogP contribution in [0.1, 0.15) is 18.5 Å². The lowest BCUT2D eigenvalue weighted by Crippen LogP contribution is -2.18. The third-order valence-electron chi connectivity index (χ3n) is 3.75. The summed E-state index contributed by atoms with van der Waals surface area (Å²) in [6, 6.07) is 13.8. The average Bonchev–Trinajstić information content (AvgIpc) is 2.93. The van der Waals surface area contributed by atoms with Crippen molar-refractivity contribution < 1.29 is 4.74 Å². The highest BCUT2D eigenvalue weighted by molar-refractivity contribution is 7.80. The topological polar surface area (TPSA) is 52.5 Å². The fourth-order valence-corrected chi connectivity index (χ4v) is 2.66. The molecule has 1 atom stereocenters. The van der Waals surface area contributed by atoms with E-state index in [-0.39, 0.29) is 5.92 Å². The Morgan fingerprint density at radius 1 is 1.27 bits per heavy atom. The van der Waals surface area contributed by atoms with E-state index in [2.05, 4.69) is 0 Å². The number of imidazole rings is 1. The zero-order valence-electron chi connectivity index (χ0n) is 12.5. The summed E-state index contributed by atoms with van der Waals surface area (Å²) in [7, 11) is 1.65. The predicted octanol–water partition coefficient (Wildman–Crippen LogP) is 3.40. The van der Waals surface area contributed by atoms with Crippen LogP contribution in [-0.4, -0.2) is 21.5 Å². The second kappa shape index (κ2) is 5.77. The van der Waals surface area contributed by atoms with Gasteiger partial charge in [-0.25, -0.2) is 4.98 Å². The van der Waals surface area contributed by atoms with Crippen LogP contribution in [-0.2, 0) is 0 Å². The number of methoxy groups -OCH3 is 1. The standard InChI is InChI=1S/C17H17N3OS/c1-11(17(18)22)16-15(12-6-5-7-13(10-12)21-2)19-14-8-3-4-9-20(14)16/h3-11H,1-2H3,(H2,18,22). The summed E-state index contributed by atoms with van der Waals surface area (Å²) >= 11 is 5.20. The first kappa shape index (κ1) is 14.5. The molecule has 0 fully saturated rings. The molecule has 0 saturated heterocycles. The molecule has 4 nitrogen and oxygen atoms in total. The molecular weight excluding hydrogens is 294 g/mol. The molecule has 1 aromatic carbocycles. The number of thiocarbonyl (C=S) groups is 1. The quantitative estimate of drug-likeness (QED) is 0.750. The molecule has 0 aliphatic carbocycles. The number of fused-ring (bicyclic) bond motifs is 1.